The number of carbonyl (C=O) groups is 1. The van der Waals surface area contributed by atoms with Crippen LogP contribution in [0.15, 0.2) is 59.5 Å². The minimum absolute atomic E-state index is 0.0127. The number of amides is 1. The fourth-order valence-electron chi connectivity index (χ4n) is 3.33. The molecule has 0 saturated heterocycles. The van der Waals surface area contributed by atoms with E-state index in [1.807, 2.05) is 0 Å². The van der Waals surface area contributed by atoms with Crippen LogP contribution in [0.1, 0.15) is 15.9 Å². The first kappa shape index (κ1) is 18.5. The van der Waals surface area contributed by atoms with Crippen LogP contribution in [0, 0.1) is 0 Å². The van der Waals surface area contributed by atoms with Gasteiger partial charge in [-0.05, 0) is 29.8 Å². The molecule has 0 bridgehead atoms. The Labute approximate surface area is 162 Å². The molecule has 0 radical (unpaired) electrons. The molecule has 0 fully saturated rings. The number of sulfonamides is 1. The molecule has 3 aromatic carbocycles. The number of rotatable bonds is 5. The van der Waals surface area contributed by atoms with Crippen LogP contribution in [0.4, 0.5) is 11.4 Å². The highest BCUT2D eigenvalue weighted by Gasteiger charge is 2.26. The second kappa shape index (κ2) is 6.32. The quantitative estimate of drug-likeness (QED) is 0.665. The van der Waals surface area contributed by atoms with Gasteiger partial charge < -0.3 is 5.32 Å². The van der Waals surface area contributed by atoms with Crippen LogP contribution < -0.4 is 10.0 Å². The third-order valence-electron chi connectivity index (χ3n) is 4.46. The SMILES string of the molecule is CS(=O)(=O)Cc1ccccc1NS(=O)(=O)c1ccc2c3c(cccc13)C(=O)N2. The average Bonchev–Trinajstić information content (AvgIpc) is 2.93. The molecular formula is C19H16N2O5S2. The molecule has 0 unspecified atom stereocenters. The van der Waals surface area contributed by atoms with Gasteiger partial charge in [-0.3, -0.25) is 9.52 Å². The molecule has 3 aromatic rings. The van der Waals surface area contributed by atoms with Crippen LogP contribution in [0.25, 0.3) is 10.8 Å². The molecule has 4 rings (SSSR count). The van der Waals surface area contributed by atoms with Gasteiger partial charge in [-0.15, -0.1) is 0 Å². The van der Waals surface area contributed by atoms with E-state index >= 15 is 0 Å². The van der Waals surface area contributed by atoms with E-state index in [0.29, 0.717) is 27.6 Å². The fraction of sp³-hybridized carbons (Fsp3) is 0.105. The molecule has 1 heterocycles. The highest BCUT2D eigenvalue weighted by atomic mass is 32.2. The van der Waals surface area contributed by atoms with Crippen LogP contribution in [0.3, 0.4) is 0 Å². The highest BCUT2D eigenvalue weighted by molar-refractivity contribution is 7.93. The van der Waals surface area contributed by atoms with Crippen LogP contribution >= 0.6 is 0 Å². The lowest BCUT2D eigenvalue weighted by molar-refractivity contribution is 0.103. The Kier molecular flexibility index (Phi) is 4.16. The van der Waals surface area contributed by atoms with Gasteiger partial charge in [0.15, 0.2) is 9.84 Å². The van der Waals surface area contributed by atoms with Crippen molar-refractivity contribution in [1.82, 2.24) is 0 Å². The van der Waals surface area contributed by atoms with Crippen molar-refractivity contribution in [3.63, 3.8) is 0 Å². The van der Waals surface area contributed by atoms with Gasteiger partial charge in [-0.2, -0.15) is 0 Å². The largest absolute Gasteiger partial charge is 0.321 e. The molecule has 28 heavy (non-hydrogen) atoms. The smallest absolute Gasteiger partial charge is 0.262 e. The summed E-state index contributed by atoms with van der Waals surface area (Å²) >= 11 is 0. The number of carbonyl (C=O) groups excluding carboxylic acids is 1. The van der Waals surface area contributed by atoms with Crippen molar-refractivity contribution >= 4 is 47.9 Å². The lowest BCUT2D eigenvalue weighted by Crippen LogP contribution is -2.15. The number of anilines is 2. The molecule has 0 atom stereocenters. The molecule has 0 aliphatic carbocycles. The lowest BCUT2D eigenvalue weighted by Gasteiger charge is -2.14. The fourth-order valence-corrected chi connectivity index (χ4v) is 5.45. The van der Waals surface area contributed by atoms with Crippen LogP contribution in [-0.4, -0.2) is 29.0 Å². The van der Waals surface area contributed by atoms with Gasteiger partial charge in [0.25, 0.3) is 15.9 Å². The normalized spacial score (nSPS) is 13.5. The van der Waals surface area contributed by atoms with E-state index < -0.39 is 19.9 Å². The first-order valence-electron chi connectivity index (χ1n) is 8.31. The molecule has 144 valence electrons. The van der Waals surface area contributed by atoms with Crippen LogP contribution in [0.5, 0.6) is 0 Å². The zero-order valence-electron chi connectivity index (χ0n) is 14.8. The summed E-state index contributed by atoms with van der Waals surface area (Å²) in [6, 6.07) is 14.2. The Balaban J connectivity index is 1.82. The number of hydrogen-bond acceptors (Lipinski definition) is 5. The predicted molar refractivity (Wildman–Crippen MR) is 108 cm³/mol. The third-order valence-corrected chi connectivity index (χ3v) is 6.72. The van der Waals surface area contributed by atoms with Gasteiger partial charge in [-0.1, -0.05) is 30.3 Å². The topological polar surface area (TPSA) is 109 Å². The molecule has 7 nitrogen and oxygen atoms in total. The molecule has 0 saturated carbocycles. The summed E-state index contributed by atoms with van der Waals surface area (Å²) in [6.07, 6.45) is 1.09. The molecule has 1 aliphatic rings. The maximum Gasteiger partial charge on any atom is 0.262 e. The Bertz CT molecular complexity index is 1350. The summed E-state index contributed by atoms with van der Waals surface area (Å²) in [7, 11) is -7.37. The maximum absolute atomic E-state index is 13.1. The van der Waals surface area contributed by atoms with Gasteiger partial charge >= 0.3 is 0 Å². The summed E-state index contributed by atoms with van der Waals surface area (Å²) in [5.41, 5.74) is 1.54. The number of sulfone groups is 1. The van der Waals surface area contributed by atoms with Crippen LogP contribution in [-0.2, 0) is 25.6 Å². The number of nitrogens with one attached hydrogen (secondary N) is 2. The Hall–Kier alpha value is -2.91. The van der Waals surface area contributed by atoms with Crippen molar-refractivity contribution in [1.29, 1.82) is 0 Å². The number of hydrogen-bond donors (Lipinski definition) is 2. The number of para-hydroxylation sites is 1. The molecule has 0 spiro atoms. The third kappa shape index (κ3) is 3.23. The van der Waals surface area contributed by atoms with Gasteiger partial charge in [0.1, 0.15) is 0 Å². The first-order valence-corrected chi connectivity index (χ1v) is 11.9. The molecular weight excluding hydrogens is 400 g/mol. The van der Waals surface area contributed by atoms with Crippen molar-refractivity contribution in [3.8, 4) is 0 Å². The first-order chi connectivity index (χ1) is 13.2. The summed E-state index contributed by atoms with van der Waals surface area (Å²) in [4.78, 5) is 12.1. The minimum Gasteiger partial charge on any atom is -0.321 e. The van der Waals surface area contributed by atoms with Gasteiger partial charge in [0.05, 0.1) is 16.3 Å². The summed E-state index contributed by atoms with van der Waals surface area (Å²) in [5, 5.41) is 3.69. The molecule has 2 N–H and O–H groups in total. The molecule has 0 aromatic heterocycles. The van der Waals surface area contributed by atoms with Crippen LogP contribution in [0.2, 0.25) is 0 Å². The van der Waals surface area contributed by atoms with E-state index in [2.05, 4.69) is 10.0 Å². The van der Waals surface area contributed by atoms with E-state index in [1.54, 1.807) is 42.5 Å². The zero-order valence-corrected chi connectivity index (χ0v) is 16.4. The molecule has 1 amide bonds. The average molecular weight is 416 g/mol. The second-order valence-electron chi connectivity index (χ2n) is 6.63. The lowest BCUT2D eigenvalue weighted by atomic mass is 10.1. The van der Waals surface area contributed by atoms with E-state index in [0.717, 1.165) is 6.26 Å². The van der Waals surface area contributed by atoms with Crippen molar-refractivity contribution in [2.24, 2.45) is 0 Å². The highest BCUT2D eigenvalue weighted by Crippen LogP contribution is 2.37. The van der Waals surface area contributed by atoms with E-state index in [-0.39, 0.29) is 22.2 Å². The predicted octanol–water partition coefficient (Wildman–Crippen LogP) is 2.75. The Morgan fingerprint density at radius 3 is 2.43 bits per heavy atom. The monoisotopic (exact) mass is 416 g/mol. The van der Waals surface area contributed by atoms with E-state index in [4.69, 9.17) is 0 Å². The molecule has 9 heteroatoms. The number of benzene rings is 3. The summed E-state index contributed by atoms with van der Waals surface area (Å²) in [5.74, 6) is -0.560. The Morgan fingerprint density at radius 2 is 1.68 bits per heavy atom. The van der Waals surface area contributed by atoms with Crippen molar-refractivity contribution in [3.05, 3.63) is 65.7 Å². The Morgan fingerprint density at radius 1 is 0.929 bits per heavy atom. The second-order valence-corrected chi connectivity index (χ2v) is 10.4. The minimum atomic E-state index is -4.03. The molecule has 1 aliphatic heterocycles. The van der Waals surface area contributed by atoms with Gasteiger partial charge in [0, 0.05) is 28.3 Å². The van der Waals surface area contributed by atoms with Crippen molar-refractivity contribution in [2.75, 3.05) is 16.3 Å². The summed E-state index contributed by atoms with van der Waals surface area (Å²) in [6.45, 7) is 0. The maximum atomic E-state index is 13.1. The van der Waals surface area contributed by atoms with Crippen molar-refractivity contribution in [2.45, 2.75) is 10.6 Å². The standard InChI is InChI=1S/C19H16N2O5S2/c1-27(23,24)11-12-5-2-3-8-15(12)21-28(25,26)17-10-9-16-18-13(17)6-4-7-14(18)19(22)20-16/h2-10,21H,11H2,1H3,(H,20,22). The van der Waals surface area contributed by atoms with Crippen molar-refractivity contribution < 1.29 is 21.6 Å². The zero-order chi connectivity index (χ0) is 20.1. The van der Waals surface area contributed by atoms with Gasteiger partial charge in [-0.25, -0.2) is 16.8 Å². The van der Waals surface area contributed by atoms with E-state index in [1.165, 1.54) is 12.1 Å². The van der Waals surface area contributed by atoms with Gasteiger partial charge in [0.2, 0.25) is 0 Å². The van der Waals surface area contributed by atoms with E-state index in [9.17, 15) is 21.6 Å². The summed E-state index contributed by atoms with van der Waals surface area (Å²) < 4.78 is 52.0.